The van der Waals surface area contributed by atoms with E-state index in [4.69, 9.17) is 10.5 Å². The third-order valence-corrected chi connectivity index (χ3v) is 1.91. The largest absolute Gasteiger partial charge is 0.460 e. The average Bonchev–Trinajstić information content (AvgIpc) is 1.76. The van der Waals surface area contributed by atoms with Crippen LogP contribution in [-0.4, -0.2) is 17.6 Å². The monoisotopic (exact) mass is 171 g/mol. The molecule has 1 rings (SSSR count). The normalized spacial score (nSPS) is 29.3. The second-order valence-electron chi connectivity index (χ2n) is 4.46. The molecular formula is C9H17NO2. The molecule has 1 aliphatic carbocycles. The van der Waals surface area contributed by atoms with Gasteiger partial charge in [-0.25, -0.2) is 0 Å². The van der Waals surface area contributed by atoms with E-state index in [0.29, 0.717) is 0 Å². The molecule has 1 saturated carbocycles. The van der Waals surface area contributed by atoms with Crippen LogP contribution in [-0.2, 0) is 9.53 Å². The van der Waals surface area contributed by atoms with Crippen molar-refractivity contribution in [2.45, 2.75) is 45.3 Å². The number of esters is 1. The van der Waals surface area contributed by atoms with Crippen molar-refractivity contribution in [3.05, 3.63) is 0 Å². The van der Waals surface area contributed by atoms with Crippen LogP contribution in [0, 0.1) is 5.92 Å². The first-order chi connectivity index (χ1) is 5.38. The maximum absolute atomic E-state index is 11.3. The van der Waals surface area contributed by atoms with Gasteiger partial charge in [0, 0.05) is 6.04 Å². The standard InChI is InChI=1S/C9H17NO2/c1-9(2,3)12-8(11)6-4-7(10)5-6/h6-7H,4-5,10H2,1-3H3/t6-,7+. The third kappa shape index (κ3) is 2.48. The van der Waals surface area contributed by atoms with Crippen molar-refractivity contribution < 1.29 is 9.53 Å². The predicted octanol–water partition coefficient (Wildman–Crippen LogP) is 1.07. The lowest BCUT2D eigenvalue weighted by Crippen LogP contribution is -2.42. The van der Waals surface area contributed by atoms with Gasteiger partial charge in [-0.1, -0.05) is 0 Å². The van der Waals surface area contributed by atoms with Gasteiger partial charge in [-0.2, -0.15) is 0 Å². The van der Waals surface area contributed by atoms with E-state index >= 15 is 0 Å². The molecule has 3 heteroatoms. The molecule has 0 radical (unpaired) electrons. The summed E-state index contributed by atoms with van der Waals surface area (Å²) in [5.74, 6) is -0.0385. The average molecular weight is 171 g/mol. The predicted molar refractivity (Wildman–Crippen MR) is 46.5 cm³/mol. The Kier molecular flexibility index (Phi) is 2.42. The molecule has 0 bridgehead atoms. The van der Waals surface area contributed by atoms with Crippen molar-refractivity contribution in [3.63, 3.8) is 0 Å². The zero-order valence-electron chi connectivity index (χ0n) is 7.96. The minimum absolute atomic E-state index is 0.0548. The summed E-state index contributed by atoms with van der Waals surface area (Å²) in [6.07, 6.45) is 1.57. The van der Waals surface area contributed by atoms with Gasteiger partial charge < -0.3 is 10.5 Å². The van der Waals surface area contributed by atoms with Gasteiger partial charge in [0.05, 0.1) is 5.92 Å². The maximum atomic E-state index is 11.3. The summed E-state index contributed by atoms with van der Waals surface area (Å²) in [5.41, 5.74) is 5.20. The Labute approximate surface area is 73.3 Å². The fourth-order valence-electron chi connectivity index (χ4n) is 1.24. The molecule has 0 heterocycles. The van der Waals surface area contributed by atoms with Crippen LogP contribution in [0.25, 0.3) is 0 Å². The lowest BCUT2D eigenvalue weighted by molar-refractivity contribution is -0.163. The Morgan fingerprint density at radius 2 is 1.92 bits per heavy atom. The van der Waals surface area contributed by atoms with Crippen molar-refractivity contribution in [2.75, 3.05) is 0 Å². The van der Waals surface area contributed by atoms with Crippen LogP contribution in [0.4, 0.5) is 0 Å². The molecule has 1 fully saturated rings. The summed E-state index contributed by atoms with van der Waals surface area (Å²) in [6.45, 7) is 5.64. The molecule has 0 aliphatic heterocycles. The lowest BCUT2D eigenvalue weighted by Gasteiger charge is -2.32. The Morgan fingerprint density at radius 1 is 1.42 bits per heavy atom. The van der Waals surface area contributed by atoms with E-state index in [1.165, 1.54) is 0 Å². The van der Waals surface area contributed by atoms with Crippen molar-refractivity contribution >= 4 is 5.97 Å². The molecule has 0 saturated heterocycles. The van der Waals surface area contributed by atoms with Crippen molar-refractivity contribution in [2.24, 2.45) is 11.7 Å². The Bertz CT molecular complexity index is 177. The summed E-state index contributed by atoms with van der Waals surface area (Å²) in [6, 6.07) is 0.211. The highest BCUT2D eigenvalue weighted by Gasteiger charge is 2.34. The van der Waals surface area contributed by atoms with E-state index in [0.717, 1.165) is 12.8 Å². The van der Waals surface area contributed by atoms with Gasteiger partial charge in [0.2, 0.25) is 0 Å². The highest BCUT2D eigenvalue weighted by atomic mass is 16.6. The number of hydrogen-bond acceptors (Lipinski definition) is 3. The van der Waals surface area contributed by atoms with Crippen LogP contribution < -0.4 is 5.73 Å². The molecule has 3 nitrogen and oxygen atoms in total. The topological polar surface area (TPSA) is 52.3 Å². The van der Waals surface area contributed by atoms with Crippen molar-refractivity contribution in [1.29, 1.82) is 0 Å². The van der Waals surface area contributed by atoms with Crippen LogP contribution in [0.5, 0.6) is 0 Å². The number of hydrogen-bond donors (Lipinski definition) is 1. The molecule has 1 aliphatic rings. The molecule has 0 aromatic heterocycles. The third-order valence-electron chi connectivity index (χ3n) is 1.91. The van der Waals surface area contributed by atoms with Gasteiger partial charge in [0.25, 0.3) is 0 Å². The SMILES string of the molecule is CC(C)(C)OC(=O)[C@H]1C[C@@H](N)C1. The molecular weight excluding hydrogens is 154 g/mol. The summed E-state index contributed by atoms with van der Waals surface area (Å²) in [7, 11) is 0. The van der Waals surface area contributed by atoms with E-state index in [1.54, 1.807) is 0 Å². The van der Waals surface area contributed by atoms with E-state index in [9.17, 15) is 4.79 Å². The van der Waals surface area contributed by atoms with E-state index in [2.05, 4.69) is 0 Å². The summed E-state index contributed by atoms with van der Waals surface area (Å²) < 4.78 is 5.20. The second-order valence-corrected chi connectivity index (χ2v) is 4.46. The molecule has 0 atom stereocenters. The zero-order valence-corrected chi connectivity index (χ0v) is 7.96. The molecule has 0 amide bonds. The van der Waals surface area contributed by atoms with E-state index in [1.807, 2.05) is 20.8 Å². The summed E-state index contributed by atoms with van der Waals surface area (Å²) >= 11 is 0. The van der Waals surface area contributed by atoms with E-state index in [-0.39, 0.29) is 23.5 Å². The zero-order chi connectivity index (χ0) is 9.35. The quantitative estimate of drug-likeness (QED) is 0.600. The van der Waals surface area contributed by atoms with Gasteiger partial charge in [-0.3, -0.25) is 4.79 Å². The molecule has 0 aromatic carbocycles. The number of rotatable bonds is 1. The van der Waals surface area contributed by atoms with Crippen molar-refractivity contribution in [1.82, 2.24) is 0 Å². The van der Waals surface area contributed by atoms with Crippen LogP contribution in [0.2, 0.25) is 0 Å². The minimum atomic E-state index is -0.364. The Morgan fingerprint density at radius 3 is 2.25 bits per heavy atom. The molecule has 0 spiro atoms. The van der Waals surface area contributed by atoms with Crippen LogP contribution in [0.1, 0.15) is 33.6 Å². The highest BCUT2D eigenvalue weighted by Crippen LogP contribution is 2.28. The fraction of sp³-hybridized carbons (Fsp3) is 0.889. The second kappa shape index (κ2) is 3.05. The van der Waals surface area contributed by atoms with Crippen LogP contribution in [0.3, 0.4) is 0 Å². The number of ether oxygens (including phenoxy) is 1. The number of carbonyl (C=O) groups excluding carboxylic acids is 1. The first-order valence-corrected chi connectivity index (χ1v) is 4.37. The first-order valence-electron chi connectivity index (χ1n) is 4.37. The van der Waals surface area contributed by atoms with E-state index < -0.39 is 0 Å². The van der Waals surface area contributed by atoms with Gasteiger partial charge in [0.15, 0.2) is 0 Å². The van der Waals surface area contributed by atoms with Crippen molar-refractivity contribution in [3.8, 4) is 0 Å². The summed E-state index contributed by atoms with van der Waals surface area (Å²) in [4.78, 5) is 11.3. The van der Waals surface area contributed by atoms with Gasteiger partial charge in [-0.05, 0) is 33.6 Å². The molecule has 2 N–H and O–H groups in total. The maximum Gasteiger partial charge on any atom is 0.309 e. The smallest absolute Gasteiger partial charge is 0.309 e. The van der Waals surface area contributed by atoms with Gasteiger partial charge >= 0.3 is 5.97 Å². The molecule has 0 unspecified atom stereocenters. The first kappa shape index (κ1) is 9.52. The lowest BCUT2D eigenvalue weighted by atomic mass is 9.81. The number of nitrogens with two attached hydrogens (primary N) is 1. The number of carbonyl (C=O) groups is 1. The van der Waals surface area contributed by atoms with Gasteiger partial charge in [0.1, 0.15) is 5.60 Å². The molecule has 0 aromatic rings. The Hall–Kier alpha value is -0.570. The fourth-order valence-corrected chi connectivity index (χ4v) is 1.24. The highest BCUT2D eigenvalue weighted by molar-refractivity contribution is 5.74. The van der Waals surface area contributed by atoms with Gasteiger partial charge in [-0.15, -0.1) is 0 Å². The minimum Gasteiger partial charge on any atom is -0.460 e. The molecule has 12 heavy (non-hydrogen) atoms. The summed E-state index contributed by atoms with van der Waals surface area (Å²) in [5, 5.41) is 0. The Balaban J connectivity index is 2.30. The molecule has 70 valence electrons. The van der Waals surface area contributed by atoms with Crippen LogP contribution in [0.15, 0.2) is 0 Å². The van der Waals surface area contributed by atoms with Crippen LogP contribution >= 0.6 is 0 Å².